The largest absolute Gasteiger partial charge is 0.481 e. The molecule has 0 N–H and O–H groups in total. The topological polar surface area (TPSA) is 74.5 Å². The molecule has 4 aromatic rings. The molecule has 0 saturated heterocycles. The second-order valence-corrected chi connectivity index (χ2v) is 6.73. The number of ether oxygens (including phenoxy) is 2. The lowest BCUT2D eigenvalue weighted by molar-refractivity contribution is -0.152. The lowest BCUT2D eigenvalue weighted by Gasteiger charge is -2.12. The molecule has 1 heterocycles. The monoisotopic (exact) mass is 408 g/mol. The van der Waals surface area contributed by atoms with Gasteiger partial charge in [0.05, 0.1) is 0 Å². The van der Waals surface area contributed by atoms with Gasteiger partial charge in [0.2, 0.25) is 5.89 Å². The number of benzene rings is 3. The first-order valence-corrected chi connectivity index (χ1v) is 9.38. The van der Waals surface area contributed by atoms with Crippen LogP contribution in [0.1, 0.15) is 18.9 Å². The average Bonchev–Trinajstić information content (AvgIpc) is 3.25. The lowest BCUT2D eigenvalue weighted by atomic mass is 10.1. The van der Waals surface area contributed by atoms with Gasteiger partial charge in [0, 0.05) is 21.4 Å². The van der Waals surface area contributed by atoms with Crippen LogP contribution in [0, 0.1) is 0 Å². The van der Waals surface area contributed by atoms with E-state index < -0.39 is 12.1 Å². The summed E-state index contributed by atoms with van der Waals surface area (Å²) in [7, 11) is 0. The molecule has 0 saturated carbocycles. The molecule has 29 heavy (non-hydrogen) atoms. The Morgan fingerprint density at radius 1 is 1.00 bits per heavy atom. The molecule has 3 aromatic carbocycles. The van der Waals surface area contributed by atoms with Crippen LogP contribution in [0.3, 0.4) is 0 Å². The van der Waals surface area contributed by atoms with Crippen LogP contribution >= 0.6 is 11.6 Å². The highest BCUT2D eigenvalue weighted by molar-refractivity contribution is 6.35. The highest BCUT2D eigenvalue weighted by atomic mass is 35.5. The molecule has 0 fully saturated rings. The Balaban J connectivity index is 1.39. The zero-order valence-electron chi connectivity index (χ0n) is 15.5. The Morgan fingerprint density at radius 2 is 1.72 bits per heavy atom. The van der Waals surface area contributed by atoms with E-state index in [1.807, 2.05) is 54.6 Å². The van der Waals surface area contributed by atoms with Crippen LogP contribution in [0.2, 0.25) is 5.02 Å². The standard InChI is InChI=1S/C22H17ClN2O4/c1-14(21-24-25-22(29-21)15-7-3-2-4-8-15)28-20(26)13-27-19-12-11-18(23)16-9-5-6-10-17(16)19/h2-12,14H,13H2,1H3/t14-/m1/s1. The van der Waals surface area contributed by atoms with Crippen molar-refractivity contribution in [1.29, 1.82) is 0 Å². The van der Waals surface area contributed by atoms with Crippen LogP contribution in [-0.4, -0.2) is 22.8 Å². The molecule has 6 nitrogen and oxygen atoms in total. The van der Waals surface area contributed by atoms with E-state index in [1.165, 1.54) is 0 Å². The van der Waals surface area contributed by atoms with Crippen LogP contribution in [0.5, 0.6) is 5.75 Å². The number of nitrogens with zero attached hydrogens (tertiary/aromatic N) is 2. The fourth-order valence-electron chi connectivity index (χ4n) is 2.88. The Labute approximate surface area is 172 Å². The minimum atomic E-state index is -0.696. The first kappa shape index (κ1) is 19.0. The first-order chi connectivity index (χ1) is 14.1. The number of rotatable bonds is 6. The maximum atomic E-state index is 12.2. The zero-order chi connectivity index (χ0) is 20.2. The van der Waals surface area contributed by atoms with Gasteiger partial charge in [0.25, 0.3) is 5.89 Å². The summed E-state index contributed by atoms with van der Waals surface area (Å²) in [5, 5.41) is 10.3. The Morgan fingerprint density at radius 3 is 2.52 bits per heavy atom. The first-order valence-electron chi connectivity index (χ1n) is 9.00. The molecule has 146 valence electrons. The van der Waals surface area contributed by atoms with E-state index in [-0.39, 0.29) is 12.5 Å². The van der Waals surface area contributed by atoms with Gasteiger partial charge in [-0.25, -0.2) is 4.79 Å². The minimum Gasteiger partial charge on any atom is -0.481 e. The predicted octanol–water partition coefficient (Wildman–Crippen LogP) is 5.23. The van der Waals surface area contributed by atoms with Gasteiger partial charge in [-0.15, -0.1) is 10.2 Å². The second kappa shape index (κ2) is 8.32. The Hall–Kier alpha value is -3.38. The highest BCUT2D eigenvalue weighted by Gasteiger charge is 2.19. The third kappa shape index (κ3) is 4.22. The van der Waals surface area contributed by atoms with Crippen molar-refractivity contribution in [3.05, 3.63) is 77.6 Å². The molecule has 0 aliphatic rings. The van der Waals surface area contributed by atoms with Crippen molar-refractivity contribution in [2.45, 2.75) is 13.0 Å². The van der Waals surface area contributed by atoms with Gasteiger partial charge < -0.3 is 13.9 Å². The molecule has 0 unspecified atom stereocenters. The quantitative estimate of drug-likeness (QED) is 0.407. The SMILES string of the molecule is C[C@@H](OC(=O)COc1ccc(Cl)c2ccccc12)c1nnc(-c2ccccc2)o1. The molecule has 7 heteroatoms. The van der Waals surface area contributed by atoms with Gasteiger partial charge in [0.15, 0.2) is 12.7 Å². The molecule has 1 atom stereocenters. The number of carbonyl (C=O) groups excluding carboxylic acids is 1. The van der Waals surface area contributed by atoms with E-state index in [2.05, 4.69) is 10.2 Å². The van der Waals surface area contributed by atoms with E-state index >= 15 is 0 Å². The summed E-state index contributed by atoms with van der Waals surface area (Å²) in [5.41, 5.74) is 0.794. The van der Waals surface area contributed by atoms with Gasteiger partial charge in [-0.2, -0.15) is 0 Å². The Kier molecular flexibility index (Phi) is 5.44. The molecule has 0 aliphatic carbocycles. The number of esters is 1. The molecule has 0 spiro atoms. The van der Waals surface area contributed by atoms with E-state index in [0.717, 1.165) is 16.3 Å². The molecule has 0 amide bonds. The van der Waals surface area contributed by atoms with Crippen LogP contribution < -0.4 is 4.74 Å². The van der Waals surface area contributed by atoms with Gasteiger partial charge in [-0.05, 0) is 31.2 Å². The summed E-state index contributed by atoms with van der Waals surface area (Å²) in [6.45, 7) is 1.41. The van der Waals surface area contributed by atoms with E-state index in [0.29, 0.717) is 16.7 Å². The van der Waals surface area contributed by atoms with Crippen molar-refractivity contribution in [3.63, 3.8) is 0 Å². The normalized spacial score (nSPS) is 11.9. The van der Waals surface area contributed by atoms with Gasteiger partial charge in [0.1, 0.15) is 5.75 Å². The second-order valence-electron chi connectivity index (χ2n) is 6.32. The van der Waals surface area contributed by atoms with Gasteiger partial charge in [-0.1, -0.05) is 54.1 Å². The fraction of sp³-hybridized carbons (Fsp3) is 0.136. The number of carbonyl (C=O) groups is 1. The van der Waals surface area contributed by atoms with Crippen molar-refractivity contribution in [2.75, 3.05) is 6.61 Å². The van der Waals surface area contributed by atoms with E-state index in [1.54, 1.807) is 19.1 Å². The number of fused-ring (bicyclic) bond motifs is 1. The van der Waals surface area contributed by atoms with Crippen molar-refractivity contribution in [2.24, 2.45) is 0 Å². The highest BCUT2D eigenvalue weighted by Crippen LogP contribution is 2.31. The minimum absolute atomic E-state index is 0.217. The number of aromatic nitrogens is 2. The predicted molar refractivity (Wildman–Crippen MR) is 109 cm³/mol. The molecule has 0 bridgehead atoms. The Bertz CT molecular complexity index is 1140. The maximum absolute atomic E-state index is 12.2. The van der Waals surface area contributed by atoms with Crippen LogP contribution in [-0.2, 0) is 9.53 Å². The zero-order valence-corrected chi connectivity index (χ0v) is 16.3. The summed E-state index contributed by atoms with van der Waals surface area (Å²) in [6.07, 6.45) is -0.696. The van der Waals surface area contributed by atoms with Crippen molar-refractivity contribution in [3.8, 4) is 17.2 Å². The van der Waals surface area contributed by atoms with E-state index in [9.17, 15) is 4.79 Å². The number of hydrogen-bond donors (Lipinski definition) is 0. The molecule has 1 aromatic heterocycles. The molecule has 0 radical (unpaired) electrons. The fourth-order valence-corrected chi connectivity index (χ4v) is 3.10. The maximum Gasteiger partial charge on any atom is 0.344 e. The smallest absolute Gasteiger partial charge is 0.344 e. The summed E-state index contributed by atoms with van der Waals surface area (Å²) in [4.78, 5) is 12.2. The summed E-state index contributed by atoms with van der Waals surface area (Å²) in [6, 6.07) is 20.4. The average molecular weight is 409 g/mol. The van der Waals surface area contributed by atoms with Crippen LogP contribution in [0.4, 0.5) is 0 Å². The molecular formula is C22H17ClN2O4. The number of halogens is 1. The third-order valence-electron chi connectivity index (χ3n) is 4.29. The van der Waals surface area contributed by atoms with Crippen molar-refractivity contribution in [1.82, 2.24) is 10.2 Å². The van der Waals surface area contributed by atoms with Crippen molar-refractivity contribution < 1.29 is 18.7 Å². The molecular weight excluding hydrogens is 392 g/mol. The summed E-state index contributed by atoms with van der Waals surface area (Å²) >= 11 is 6.20. The van der Waals surface area contributed by atoms with Gasteiger partial charge in [-0.3, -0.25) is 0 Å². The number of hydrogen-bond acceptors (Lipinski definition) is 6. The van der Waals surface area contributed by atoms with Crippen LogP contribution in [0.15, 0.2) is 71.1 Å². The third-order valence-corrected chi connectivity index (χ3v) is 4.62. The van der Waals surface area contributed by atoms with Crippen molar-refractivity contribution >= 4 is 28.3 Å². The van der Waals surface area contributed by atoms with Gasteiger partial charge >= 0.3 is 5.97 Å². The molecule has 4 rings (SSSR count). The summed E-state index contributed by atoms with van der Waals surface area (Å²) < 4.78 is 16.6. The lowest BCUT2D eigenvalue weighted by Crippen LogP contribution is -2.17. The molecule has 0 aliphatic heterocycles. The summed E-state index contributed by atoms with van der Waals surface area (Å²) in [5.74, 6) is 0.594. The van der Waals surface area contributed by atoms with Crippen LogP contribution in [0.25, 0.3) is 22.2 Å². The van der Waals surface area contributed by atoms with E-state index in [4.69, 9.17) is 25.5 Å².